The van der Waals surface area contributed by atoms with E-state index in [-0.39, 0.29) is 4.32 Å². The average Bonchev–Trinajstić information content (AvgIpc) is 2.97. The first-order valence-electron chi connectivity index (χ1n) is 8.59. The number of amides is 2. The van der Waals surface area contributed by atoms with Gasteiger partial charge in [-0.2, -0.15) is 5.01 Å². The predicted molar refractivity (Wildman–Crippen MR) is 121 cm³/mol. The molecule has 0 spiro atoms. The molecule has 1 aliphatic rings. The SMILES string of the molecule is CCOc1c(Br)cc(C=C2SC(=S)N(NC(=O)c3ccccc3)C2=O)cc1OC. The molecular formula is C20H17BrN2O4S2. The topological polar surface area (TPSA) is 67.9 Å². The van der Waals surface area contributed by atoms with Crippen molar-refractivity contribution in [1.29, 1.82) is 0 Å². The molecule has 6 nitrogen and oxygen atoms in total. The van der Waals surface area contributed by atoms with E-state index in [0.717, 1.165) is 22.3 Å². The molecule has 0 aliphatic carbocycles. The first kappa shape index (κ1) is 21.4. The number of thioether (sulfide) groups is 1. The number of hydrogen-bond donors (Lipinski definition) is 1. The molecule has 2 aromatic rings. The van der Waals surface area contributed by atoms with Crippen molar-refractivity contribution in [1.82, 2.24) is 10.4 Å². The van der Waals surface area contributed by atoms with Crippen molar-refractivity contribution in [2.75, 3.05) is 13.7 Å². The number of nitrogens with one attached hydrogen (secondary N) is 1. The molecule has 9 heteroatoms. The van der Waals surface area contributed by atoms with Crippen molar-refractivity contribution < 1.29 is 19.1 Å². The zero-order valence-corrected chi connectivity index (χ0v) is 18.8. The number of hydrogen-bond acceptors (Lipinski definition) is 6. The van der Waals surface area contributed by atoms with E-state index in [4.69, 9.17) is 21.7 Å². The van der Waals surface area contributed by atoms with Gasteiger partial charge >= 0.3 is 0 Å². The summed E-state index contributed by atoms with van der Waals surface area (Å²) in [5.74, 6) is 0.331. The molecule has 1 aliphatic heterocycles. The number of halogens is 1. The summed E-state index contributed by atoms with van der Waals surface area (Å²) in [4.78, 5) is 25.5. The molecule has 0 unspecified atom stereocenters. The van der Waals surface area contributed by atoms with Gasteiger partial charge in [0.05, 0.1) is 23.1 Å². The van der Waals surface area contributed by atoms with Crippen LogP contribution < -0.4 is 14.9 Å². The molecular weight excluding hydrogens is 476 g/mol. The van der Waals surface area contributed by atoms with Crippen LogP contribution in [0.25, 0.3) is 6.08 Å². The van der Waals surface area contributed by atoms with Crippen LogP contribution >= 0.6 is 39.9 Å². The fraction of sp³-hybridized carbons (Fsp3) is 0.150. The molecule has 2 amide bonds. The number of hydrazine groups is 1. The molecule has 0 bridgehead atoms. The van der Waals surface area contributed by atoms with Crippen molar-refractivity contribution in [3.63, 3.8) is 0 Å². The lowest BCUT2D eigenvalue weighted by Gasteiger charge is -2.15. The summed E-state index contributed by atoms with van der Waals surface area (Å²) in [6, 6.07) is 12.2. The van der Waals surface area contributed by atoms with Crippen LogP contribution in [-0.2, 0) is 4.79 Å². The van der Waals surface area contributed by atoms with Gasteiger partial charge in [-0.3, -0.25) is 15.0 Å². The molecule has 1 saturated heterocycles. The van der Waals surface area contributed by atoms with Crippen LogP contribution in [0.4, 0.5) is 0 Å². The summed E-state index contributed by atoms with van der Waals surface area (Å²) < 4.78 is 11.9. The van der Waals surface area contributed by atoms with Gasteiger partial charge in [0, 0.05) is 5.56 Å². The molecule has 0 aromatic heterocycles. The summed E-state index contributed by atoms with van der Waals surface area (Å²) in [7, 11) is 1.55. The van der Waals surface area contributed by atoms with Gasteiger partial charge in [-0.15, -0.1) is 0 Å². The van der Waals surface area contributed by atoms with E-state index in [1.54, 1.807) is 43.5 Å². The third kappa shape index (κ3) is 4.80. The summed E-state index contributed by atoms with van der Waals surface area (Å²) in [5.41, 5.74) is 3.72. The Kier molecular flexibility index (Phi) is 6.94. The van der Waals surface area contributed by atoms with Crippen molar-refractivity contribution >= 4 is 62.1 Å². The van der Waals surface area contributed by atoms with E-state index in [9.17, 15) is 9.59 Å². The number of benzene rings is 2. The second-order valence-corrected chi connectivity index (χ2v) is 8.32. The third-order valence-corrected chi connectivity index (χ3v) is 5.77. The maximum atomic E-state index is 12.8. The maximum absolute atomic E-state index is 12.8. The Morgan fingerprint density at radius 1 is 1.31 bits per heavy atom. The van der Waals surface area contributed by atoms with E-state index in [1.165, 1.54) is 0 Å². The van der Waals surface area contributed by atoms with E-state index in [0.29, 0.717) is 33.0 Å². The fourth-order valence-corrected chi connectivity index (χ4v) is 4.33. The lowest BCUT2D eigenvalue weighted by atomic mass is 10.2. The summed E-state index contributed by atoms with van der Waals surface area (Å²) in [6.07, 6.45) is 1.69. The highest BCUT2D eigenvalue weighted by molar-refractivity contribution is 9.10. The standard InChI is InChI=1S/C20H17BrN2O4S2/c1-3-27-17-14(21)9-12(10-15(17)26-2)11-16-19(25)23(20(28)29-16)22-18(24)13-7-5-4-6-8-13/h4-11H,3H2,1-2H3,(H,22,24). The number of carbonyl (C=O) groups is 2. The van der Waals surface area contributed by atoms with Crippen LogP contribution in [0.15, 0.2) is 51.8 Å². The first-order chi connectivity index (χ1) is 13.9. The number of carbonyl (C=O) groups excluding carboxylic acids is 2. The quantitative estimate of drug-likeness (QED) is 0.475. The van der Waals surface area contributed by atoms with E-state index >= 15 is 0 Å². The number of ether oxygens (including phenoxy) is 2. The number of nitrogens with zero attached hydrogens (tertiary/aromatic N) is 1. The molecule has 29 heavy (non-hydrogen) atoms. The van der Waals surface area contributed by atoms with Crippen LogP contribution in [0.1, 0.15) is 22.8 Å². The maximum Gasteiger partial charge on any atom is 0.285 e. The Morgan fingerprint density at radius 2 is 2.03 bits per heavy atom. The Morgan fingerprint density at radius 3 is 2.69 bits per heavy atom. The van der Waals surface area contributed by atoms with E-state index < -0.39 is 11.8 Å². The average molecular weight is 493 g/mol. The fourth-order valence-electron chi connectivity index (χ4n) is 2.58. The van der Waals surface area contributed by atoms with Crippen LogP contribution in [0.3, 0.4) is 0 Å². The Balaban J connectivity index is 1.83. The largest absolute Gasteiger partial charge is 0.493 e. The lowest BCUT2D eigenvalue weighted by molar-refractivity contribution is -0.123. The van der Waals surface area contributed by atoms with Crippen molar-refractivity contribution in [3.05, 3.63) is 63.0 Å². The summed E-state index contributed by atoms with van der Waals surface area (Å²) >= 11 is 9.85. The smallest absolute Gasteiger partial charge is 0.285 e. The Hall–Kier alpha value is -2.36. The minimum absolute atomic E-state index is 0.252. The lowest BCUT2D eigenvalue weighted by Crippen LogP contribution is -2.44. The van der Waals surface area contributed by atoms with Gasteiger partial charge in [-0.1, -0.05) is 30.0 Å². The summed E-state index contributed by atoms with van der Waals surface area (Å²) in [6.45, 7) is 2.38. The number of methoxy groups -OCH3 is 1. The second-order valence-electron chi connectivity index (χ2n) is 5.79. The van der Waals surface area contributed by atoms with Crippen LogP contribution in [0.5, 0.6) is 11.5 Å². The van der Waals surface area contributed by atoms with Gasteiger partial charge in [0.2, 0.25) is 0 Å². The molecule has 0 saturated carbocycles. The van der Waals surface area contributed by atoms with Gasteiger partial charge < -0.3 is 9.47 Å². The minimum atomic E-state index is -0.409. The van der Waals surface area contributed by atoms with Crippen LogP contribution in [-0.4, -0.2) is 34.9 Å². The highest BCUT2D eigenvalue weighted by Crippen LogP contribution is 2.39. The van der Waals surface area contributed by atoms with Crippen molar-refractivity contribution in [2.24, 2.45) is 0 Å². The first-order valence-corrected chi connectivity index (χ1v) is 10.6. The molecule has 3 rings (SSSR count). The van der Waals surface area contributed by atoms with Crippen LogP contribution in [0, 0.1) is 0 Å². The molecule has 2 aromatic carbocycles. The molecule has 1 N–H and O–H groups in total. The van der Waals surface area contributed by atoms with Gasteiger partial charge in [-0.05, 0) is 71.0 Å². The van der Waals surface area contributed by atoms with E-state index in [2.05, 4.69) is 21.4 Å². The van der Waals surface area contributed by atoms with Crippen molar-refractivity contribution in [3.8, 4) is 11.5 Å². The van der Waals surface area contributed by atoms with Gasteiger partial charge in [0.15, 0.2) is 15.8 Å². The van der Waals surface area contributed by atoms with E-state index in [1.807, 2.05) is 19.1 Å². The summed E-state index contributed by atoms with van der Waals surface area (Å²) in [5, 5.41) is 1.09. The minimum Gasteiger partial charge on any atom is -0.493 e. The van der Waals surface area contributed by atoms with Crippen molar-refractivity contribution in [2.45, 2.75) is 6.92 Å². The molecule has 150 valence electrons. The Labute approximate surface area is 186 Å². The number of thiocarbonyl (C=S) groups is 1. The monoisotopic (exact) mass is 492 g/mol. The zero-order valence-electron chi connectivity index (χ0n) is 15.6. The molecule has 0 radical (unpaired) electrons. The highest BCUT2D eigenvalue weighted by atomic mass is 79.9. The third-order valence-electron chi connectivity index (χ3n) is 3.88. The normalized spacial score (nSPS) is 15.0. The molecule has 1 heterocycles. The van der Waals surface area contributed by atoms with Gasteiger partial charge in [0.1, 0.15) is 0 Å². The Bertz CT molecular complexity index is 995. The molecule has 0 atom stereocenters. The molecule has 1 fully saturated rings. The predicted octanol–water partition coefficient (Wildman–Crippen LogP) is 4.40. The van der Waals surface area contributed by atoms with Gasteiger partial charge in [-0.25, -0.2) is 0 Å². The number of rotatable bonds is 6. The zero-order chi connectivity index (χ0) is 21.0. The van der Waals surface area contributed by atoms with Crippen LogP contribution in [0.2, 0.25) is 0 Å². The second kappa shape index (κ2) is 9.43. The van der Waals surface area contributed by atoms with Gasteiger partial charge in [0.25, 0.3) is 11.8 Å². The highest BCUT2D eigenvalue weighted by Gasteiger charge is 2.33.